The number of hydrogen-bond donors (Lipinski definition) is 1. The van der Waals surface area contributed by atoms with Gasteiger partial charge in [0, 0.05) is 17.1 Å². The average Bonchev–Trinajstić information content (AvgIpc) is 2.53. The Bertz CT molecular complexity index is 829. The first-order valence-electron chi connectivity index (χ1n) is 6.29. The van der Waals surface area contributed by atoms with E-state index in [9.17, 15) is 8.42 Å². The summed E-state index contributed by atoms with van der Waals surface area (Å²) in [4.78, 5) is -0.0569. The molecular weight excluding hydrogens is 324 g/mol. The molecule has 0 bridgehead atoms. The van der Waals surface area contributed by atoms with Crippen molar-refractivity contribution in [1.29, 1.82) is 5.26 Å². The van der Waals surface area contributed by atoms with Crippen molar-refractivity contribution in [3.8, 4) is 11.8 Å². The molecule has 0 saturated heterocycles. The van der Waals surface area contributed by atoms with E-state index in [1.807, 2.05) is 6.07 Å². The van der Waals surface area contributed by atoms with Crippen LogP contribution in [0.15, 0.2) is 47.4 Å². The quantitative estimate of drug-likeness (QED) is 0.910. The molecule has 0 unspecified atom stereocenters. The molecule has 0 aliphatic rings. The number of nitrogens with one attached hydrogen (secondary N) is 1. The monoisotopic (exact) mass is 336 g/mol. The van der Waals surface area contributed by atoms with Gasteiger partial charge in [0.15, 0.2) is 0 Å². The number of benzene rings is 2. The van der Waals surface area contributed by atoms with Gasteiger partial charge in [-0.2, -0.15) is 5.26 Å². The summed E-state index contributed by atoms with van der Waals surface area (Å²) < 4.78 is 32.3. The number of nitriles is 1. The summed E-state index contributed by atoms with van der Waals surface area (Å²) in [6, 6.07) is 12.8. The third kappa shape index (κ3) is 3.57. The molecule has 7 heteroatoms. The molecule has 2 rings (SSSR count). The molecular formula is C15H13ClN2O3S. The van der Waals surface area contributed by atoms with Crippen LogP contribution in [-0.2, 0) is 16.6 Å². The van der Waals surface area contributed by atoms with Gasteiger partial charge < -0.3 is 4.74 Å². The van der Waals surface area contributed by atoms with Crippen molar-refractivity contribution in [2.45, 2.75) is 11.4 Å². The summed E-state index contributed by atoms with van der Waals surface area (Å²) in [5.74, 6) is 0.528. The molecule has 1 N–H and O–H groups in total. The Hall–Kier alpha value is -2.07. The molecule has 2 aromatic carbocycles. The van der Waals surface area contributed by atoms with Crippen LogP contribution in [0.3, 0.4) is 0 Å². The third-order valence-electron chi connectivity index (χ3n) is 2.99. The molecule has 2 aromatic rings. The Labute approximate surface area is 134 Å². The third-order valence-corrected chi connectivity index (χ3v) is 4.69. The van der Waals surface area contributed by atoms with E-state index in [1.54, 1.807) is 30.3 Å². The van der Waals surface area contributed by atoms with Gasteiger partial charge in [0.1, 0.15) is 11.8 Å². The molecule has 0 amide bonds. The molecule has 0 heterocycles. The second kappa shape index (κ2) is 6.79. The van der Waals surface area contributed by atoms with Crippen LogP contribution in [-0.4, -0.2) is 15.5 Å². The van der Waals surface area contributed by atoms with Crippen molar-refractivity contribution in [2.75, 3.05) is 7.11 Å². The number of halogens is 1. The Balaban J connectivity index is 2.28. The average molecular weight is 337 g/mol. The number of sulfonamides is 1. The molecule has 0 radical (unpaired) electrons. The van der Waals surface area contributed by atoms with Gasteiger partial charge in [0.2, 0.25) is 10.0 Å². The van der Waals surface area contributed by atoms with E-state index in [0.717, 1.165) is 0 Å². The van der Waals surface area contributed by atoms with E-state index in [-0.39, 0.29) is 17.0 Å². The van der Waals surface area contributed by atoms with Gasteiger partial charge in [0.05, 0.1) is 17.6 Å². The van der Waals surface area contributed by atoms with Gasteiger partial charge in [-0.15, -0.1) is 0 Å². The maximum Gasteiger partial charge on any atom is 0.242 e. The Kier molecular flexibility index (Phi) is 5.03. The second-order valence-electron chi connectivity index (χ2n) is 4.39. The highest BCUT2D eigenvalue weighted by molar-refractivity contribution is 7.89. The van der Waals surface area contributed by atoms with Crippen LogP contribution < -0.4 is 9.46 Å². The fourth-order valence-corrected chi connectivity index (χ4v) is 3.29. The van der Waals surface area contributed by atoms with Crippen molar-refractivity contribution >= 4 is 21.6 Å². The zero-order valence-corrected chi connectivity index (χ0v) is 13.3. The molecule has 5 nitrogen and oxygen atoms in total. The summed E-state index contributed by atoms with van der Waals surface area (Å²) in [7, 11) is -2.32. The normalized spacial score (nSPS) is 11.0. The zero-order valence-electron chi connectivity index (χ0n) is 11.7. The lowest BCUT2D eigenvalue weighted by Crippen LogP contribution is -2.24. The minimum absolute atomic E-state index is 0.00578. The molecule has 0 aromatic heterocycles. The van der Waals surface area contributed by atoms with Crippen molar-refractivity contribution in [2.24, 2.45) is 0 Å². The highest BCUT2D eigenvalue weighted by atomic mass is 35.5. The summed E-state index contributed by atoms with van der Waals surface area (Å²) in [5.41, 5.74) is 0.695. The van der Waals surface area contributed by atoms with Crippen LogP contribution in [0.1, 0.15) is 11.1 Å². The van der Waals surface area contributed by atoms with Crippen LogP contribution in [0.4, 0.5) is 0 Å². The van der Waals surface area contributed by atoms with Gasteiger partial charge in [0.25, 0.3) is 0 Å². The molecule has 0 atom stereocenters. The molecule has 0 saturated carbocycles. The van der Waals surface area contributed by atoms with Crippen LogP contribution in [0, 0.1) is 11.3 Å². The summed E-state index contributed by atoms with van der Waals surface area (Å²) >= 11 is 5.91. The molecule has 22 heavy (non-hydrogen) atoms. The van der Waals surface area contributed by atoms with Crippen molar-refractivity contribution in [1.82, 2.24) is 4.72 Å². The smallest absolute Gasteiger partial charge is 0.242 e. The summed E-state index contributed by atoms with van der Waals surface area (Å²) in [6.45, 7) is 0.00578. The van der Waals surface area contributed by atoms with Gasteiger partial charge in [-0.05, 0) is 30.3 Å². The van der Waals surface area contributed by atoms with E-state index in [4.69, 9.17) is 21.6 Å². The fraction of sp³-hybridized carbons (Fsp3) is 0.133. The van der Waals surface area contributed by atoms with Crippen LogP contribution >= 0.6 is 11.6 Å². The SMILES string of the molecule is COc1ccc(Cl)cc1CNS(=O)(=O)c1ccccc1C#N. The lowest BCUT2D eigenvalue weighted by molar-refractivity contribution is 0.409. The van der Waals surface area contributed by atoms with Crippen molar-refractivity contribution in [3.05, 3.63) is 58.6 Å². The van der Waals surface area contributed by atoms with Crippen molar-refractivity contribution in [3.63, 3.8) is 0 Å². The Morgan fingerprint density at radius 1 is 1.27 bits per heavy atom. The Morgan fingerprint density at radius 3 is 2.68 bits per heavy atom. The highest BCUT2D eigenvalue weighted by Crippen LogP contribution is 2.23. The van der Waals surface area contributed by atoms with E-state index in [1.165, 1.54) is 19.2 Å². The summed E-state index contributed by atoms with van der Waals surface area (Å²) in [6.07, 6.45) is 0. The first kappa shape index (κ1) is 16.3. The number of nitrogens with zero attached hydrogens (tertiary/aromatic N) is 1. The van der Waals surface area contributed by atoms with E-state index in [0.29, 0.717) is 16.3 Å². The van der Waals surface area contributed by atoms with Crippen LogP contribution in [0.2, 0.25) is 5.02 Å². The predicted molar refractivity (Wildman–Crippen MR) is 83.2 cm³/mol. The van der Waals surface area contributed by atoms with Crippen molar-refractivity contribution < 1.29 is 13.2 Å². The van der Waals surface area contributed by atoms with E-state index < -0.39 is 10.0 Å². The van der Waals surface area contributed by atoms with Gasteiger partial charge in [-0.3, -0.25) is 0 Å². The Morgan fingerprint density at radius 2 is 2.00 bits per heavy atom. The number of ether oxygens (including phenoxy) is 1. The van der Waals surface area contributed by atoms with Gasteiger partial charge in [-0.25, -0.2) is 13.1 Å². The van der Waals surface area contributed by atoms with E-state index in [2.05, 4.69) is 4.72 Å². The predicted octanol–water partition coefficient (Wildman–Crippen LogP) is 2.70. The number of hydrogen-bond acceptors (Lipinski definition) is 4. The maximum atomic E-state index is 12.3. The largest absolute Gasteiger partial charge is 0.496 e. The van der Waals surface area contributed by atoms with Gasteiger partial charge in [-0.1, -0.05) is 23.7 Å². The van der Waals surface area contributed by atoms with Gasteiger partial charge >= 0.3 is 0 Å². The first-order valence-corrected chi connectivity index (χ1v) is 8.15. The minimum atomic E-state index is -3.81. The molecule has 0 fully saturated rings. The topological polar surface area (TPSA) is 79.2 Å². The van der Waals surface area contributed by atoms with Crippen LogP contribution in [0.25, 0.3) is 0 Å². The molecule has 114 valence electrons. The van der Waals surface area contributed by atoms with E-state index >= 15 is 0 Å². The molecule has 0 aliphatic heterocycles. The maximum absolute atomic E-state index is 12.3. The molecule has 0 aliphatic carbocycles. The summed E-state index contributed by atoms with van der Waals surface area (Å²) in [5, 5.41) is 9.49. The second-order valence-corrected chi connectivity index (χ2v) is 6.56. The number of methoxy groups -OCH3 is 1. The zero-order chi connectivity index (χ0) is 16.2. The lowest BCUT2D eigenvalue weighted by Gasteiger charge is -2.11. The first-order chi connectivity index (χ1) is 10.5. The van der Waals surface area contributed by atoms with Crippen LogP contribution in [0.5, 0.6) is 5.75 Å². The lowest BCUT2D eigenvalue weighted by atomic mass is 10.2. The minimum Gasteiger partial charge on any atom is -0.496 e. The standard InChI is InChI=1S/C15H13ClN2O3S/c1-21-14-7-6-13(16)8-12(14)10-18-22(19,20)15-5-3-2-4-11(15)9-17/h2-8,18H,10H2,1H3. The molecule has 0 spiro atoms. The highest BCUT2D eigenvalue weighted by Gasteiger charge is 2.18. The fourth-order valence-electron chi connectivity index (χ4n) is 1.93. The number of rotatable bonds is 5.